The molecular weight excluding hydrogens is 681 g/mol. The summed E-state index contributed by atoms with van der Waals surface area (Å²) in [6, 6.07) is 41.3. The van der Waals surface area contributed by atoms with Gasteiger partial charge in [0.25, 0.3) is 0 Å². The Morgan fingerprint density at radius 2 is 1.12 bits per heavy atom. The van der Waals surface area contributed by atoms with Crippen molar-refractivity contribution in [2.24, 2.45) is 0 Å². The summed E-state index contributed by atoms with van der Waals surface area (Å²) < 4.78 is 4.18. The molecule has 1 radical (unpaired) electrons. The van der Waals surface area contributed by atoms with Gasteiger partial charge in [-0.15, -0.1) is 71.8 Å². The van der Waals surface area contributed by atoms with Gasteiger partial charge in [0.2, 0.25) is 0 Å². The number of imidazole rings is 2. The molecule has 0 amide bonds. The van der Waals surface area contributed by atoms with Crippen LogP contribution in [0.2, 0.25) is 0 Å². The summed E-state index contributed by atoms with van der Waals surface area (Å²) in [5.74, 6) is 1.85. The molecule has 4 nitrogen and oxygen atoms in total. The Labute approximate surface area is 257 Å². The number of nitrogens with zero attached hydrogens (tertiary/aromatic N) is 4. The molecule has 0 saturated heterocycles. The molecule has 4 aromatic carbocycles. The topological polar surface area (TPSA) is 35.6 Å². The van der Waals surface area contributed by atoms with Crippen LogP contribution in [0.1, 0.15) is 38.2 Å². The van der Waals surface area contributed by atoms with Crippen LogP contribution in [-0.4, -0.2) is 19.1 Å². The number of hydrogen-bond acceptors (Lipinski definition) is 2. The Morgan fingerprint density at radius 1 is 0.585 bits per heavy atom. The van der Waals surface area contributed by atoms with Gasteiger partial charge in [-0.1, -0.05) is 56.5 Å². The molecule has 0 atom stereocenters. The zero-order valence-corrected chi connectivity index (χ0v) is 25.7. The van der Waals surface area contributed by atoms with Crippen LogP contribution in [0.25, 0.3) is 34.2 Å². The first-order valence-corrected chi connectivity index (χ1v) is 14.0. The molecule has 0 unspecified atom stereocenters. The average molecular weight is 715 g/mol. The summed E-state index contributed by atoms with van der Waals surface area (Å²) in [6.07, 6.45) is 14.0. The zero-order valence-electron chi connectivity index (χ0n) is 23.3. The third-order valence-corrected chi connectivity index (χ3v) is 6.75. The van der Waals surface area contributed by atoms with E-state index in [2.05, 4.69) is 74.6 Å². The van der Waals surface area contributed by atoms with Gasteiger partial charge in [0, 0.05) is 56.3 Å². The predicted molar refractivity (Wildman–Crippen MR) is 164 cm³/mol. The monoisotopic (exact) mass is 715 g/mol. The maximum absolute atomic E-state index is 4.49. The Balaban J connectivity index is 0.000000192. The van der Waals surface area contributed by atoms with Crippen molar-refractivity contribution in [3.8, 4) is 34.2 Å². The zero-order chi connectivity index (χ0) is 27.4. The normalized spacial score (nSPS) is 10.4. The van der Waals surface area contributed by atoms with E-state index >= 15 is 0 Å². The van der Waals surface area contributed by atoms with Gasteiger partial charge in [0.1, 0.15) is 0 Å². The fourth-order valence-corrected chi connectivity index (χ4v) is 4.65. The van der Waals surface area contributed by atoms with Crippen LogP contribution in [0.15, 0.2) is 128 Å². The van der Waals surface area contributed by atoms with Crippen LogP contribution in [0.4, 0.5) is 0 Å². The molecule has 0 saturated carbocycles. The Morgan fingerprint density at radius 3 is 1.63 bits per heavy atom. The molecule has 2 aromatic heterocycles. The van der Waals surface area contributed by atoms with Crippen molar-refractivity contribution >= 4 is 0 Å². The second-order valence-corrected chi connectivity index (χ2v) is 9.61. The van der Waals surface area contributed by atoms with Gasteiger partial charge in [-0.2, -0.15) is 0 Å². The number of rotatable bonds is 9. The van der Waals surface area contributed by atoms with Gasteiger partial charge in [-0.3, -0.25) is 9.97 Å². The van der Waals surface area contributed by atoms with E-state index < -0.39 is 0 Å². The van der Waals surface area contributed by atoms with Crippen LogP contribution in [-0.2, 0) is 26.5 Å². The largest absolute Gasteiger partial charge is 0.340 e. The molecule has 0 spiro atoms. The minimum Gasteiger partial charge on any atom is -0.340 e. The fourth-order valence-electron chi connectivity index (χ4n) is 4.65. The molecule has 6 aromatic rings. The number of aryl methyl sites for hydroxylation is 1. The molecule has 0 N–H and O–H groups in total. The maximum Gasteiger partial charge on any atom is 0.0602 e. The fraction of sp³-hybridized carbons (Fsp3) is 0.167. The molecule has 41 heavy (non-hydrogen) atoms. The summed E-state index contributed by atoms with van der Waals surface area (Å²) in [6.45, 7) is 2.25. The van der Waals surface area contributed by atoms with Crippen molar-refractivity contribution in [3.05, 3.63) is 146 Å². The Hall–Kier alpha value is -4.05. The Kier molecular flexibility index (Phi) is 11.4. The van der Waals surface area contributed by atoms with Gasteiger partial charge in [0.05, 0.1) is 11.6 Å². The van der Waals surface area contributed by atoms with Gasteiger partial charge in [0.15, 0.2) is 0 Å². The van der Waals surface area contributed by atoms with Crippen molar-refractivity contribution < 1.29 is 20.1 Å². The van der Waals surface area contributed by atoms with Crippen molar-refractivity contribution in [1.82, 2.24) is 19.1 Å². The van der Waals surface area contributed by atoms with Crippen LogP contribution in [0.3, 0.4) is 0 Å². The van der Waals surface area contributed by atoms with Crippen LogP contribution in [0, 0.1) is 12.1 Å². The van der Waals surface area contributed by atoms with Crippen LogP contribution in [0.5, 0.6) is 0 Å². The van der Waals surface area contributed by atoms with Crippen LogP contribution >= 0.6 is 0 Å². The van der Waals surface area contributed by atoms with E-state index in [1.807, 2.05) is 91.5 Å². The van der Waals surface area contributed by atoms with E-state index in [9.17, 15) is 0 Å². The molecule has 209 valence electrons. The molecule has 0 aliphatic carbocycles. The SMILES string of the molecule is CCCCCCc1ccc(-n2ccnc2-c2[c-]cccc2)cc1.[Ir].[c-]1ccccc1-c1nccn1-c1ccccc1. The van der Waals surface area contributed by atoms with E-state index in [1.54, 1.807) is 0 Å². The second-order valence-electron chi connectivity index (χ2n) is 9.61. The molecule has 5 heteroatoms. The van der Waals surface area contributed by atoms with E-state index in [1.165, 1.54) is 37.7 Å². The minimum atomic E-state index is 0. The number of hydrogen-bond donors (Lipinski definition) is 0. The summed E-state index contributed by atoms with van der Waals surface area (Å²) in [4.78, 5) is 8.88. The standard InChI is InChI=1S/C21H23N2.C15H11N2.Ir/c1-2-3-4-6-9-18-12-14-20(15-13-18)23-17-16-22-21(23)19-10-7-5-8-11-19;1-3-7-13(8-4-1)15-16-11-12-17(15)14-9-5-2-6-10-14;/h5,7-8,10,12-17H,2-4,6,9H2,1H3;1-7,9-12H;/q2*-1;. The number of para-hydroxylation sites is 1. The van der Waals surface area contributed by atoms with Crippen molar-refractivity contribution in [2.75, 3.05) is 0 Å². The van der Waals surface area contributed by atoms with E-state index in [-0.39, 0.29) is 20.1 Å². The molecule has 0 fully saturated rings. The number of unbranched alkanes of at least 4 members (excludes halogenated alkanes) is 3. The maximum atomic E-state index is 4.49. The molecule has 2 heterocycles. The molecule has 0 bridgehead atoms. The predicted octanol–water partition coefficient (Wildman–Crippen LogP) is 8.80. The first kappa shape index (κ1) is 29.9. The van der Waals surface area contributed by atoms with Gasteiger partial charge in [-0.05, 0) is 42.7 Å². The van der Waals surface area contributed by atoms with Gasteiger partial charge < -0.3 is 9.13 Å². The van der Waals surface area contributed by atoms with E-state index in [4.69, 9.17) is 0 Å². The third-order valence-electron chi connectivity index (χ3n) is 6.75. The molecule has 0 aliphatic heterocycles. The van der Waals surface area contributed by atoms with Gasteiger partial charge >= 0.3 is 0 Å². The first-order chi connectivity index (χ1) is 19.8. The summed E-state index contributed by atoms with van der Waals surface area (Å²) in [5, 5.41) is 0. The first-order valence-electron chi connectivity index (χ1n) is 14.0. The average Bonchev–Trinajstić information content (AvgIpc) is 3.72. The molecular formula is C36H34IrN4-2. The smallest absolute Gasteiger partial charge is 0.0602 e. The molecule has 6 rings (SSSR count). The number of benzene rings is 4. The van der Waals surface area contributed by atoms with Crippen molar-refractivity contribution in [3.63, 3.8) is 0 Å². The summed E-state index contributed by atoms with van der Waals surface area (Å²) in [7, 11) is 0. The Bertz CT molecular complexity index is 1500. The van der Waals surface area contributed by atoms with E-state index in [0.29, 0.717) is 0 Å². The van der Waals surface area contributed by atoms with Gasteiger partial charge in [-0.25, -0.2) is 0 Å². The van der Waals surface area contributed by atoms with Crippen molar-refractivity contribution in [2.45, 2.75) is 39.0 Å². The minimum absolute atomic E-state index is 0. The quantitative estimate of drug-likeness (QED) is 0.111. The third kappa shape index (κ3) is 8.00. The second kappa shape index (κ2) is 15.7. The number of aromatic nitrogens is 4. The van der Waals surface area contributed by atoms with Crippen LogP contribution < -0.4 is 0 Å². The molecule has 0 aliphatic rings. The summed E-state index contributed by atoms with van der Waals surface area (Å²) >= 11 is 0. The van der Waals surface area contributed by atoms with Crippen molar-refractivity contribution in [1.29, 1.82) is 0 Å². The van der Waals surface area contributed by atoms with E-state index in [0.717, 1.165) is 34.2 Å². The summed E-state index contributed by atoms with van der Waals surface area (Å²) in [5.41, 5.74) is 5.68.